The Kier molecular flexibility index (Phi) is 2.81. The minimum absolute atomic E-state index is 0.145. The highest BCUT2D eigenvalue weighted by Gasteiger charge is 2.23. The van der Waals surface area contributed by atoms with Gasteiger partial charge >= 0.3 is 0 Å². The van der Waals surface area contributed by atoms with Crippen LogP contribution in [0.2, 0.25) is 0 Å². The summed E-state index contributed by atoms with van der Waals surface area (Å²) in [6.45, 7) is 5.47. The van der Waals surface area contributed by atoms with E-state index in [2.05, 4.69) is 9.97 Å². The maximum atomic E-state index is 12.9. The van der Waals surface area contributed by atoms with Gasteiger partial charge in [0, 0.05) is 19.2 Å². The van der Waals surface area contributed by atoms with Crippen LogP contribution in [0.25, 0.3) is 0 Å². The second-order valence-electron chi connectivity index (χ2n) is 3.86. The van der Waals surface area contributed by atoms with E-state index in [1.807, 2.05) is 18.7 Å². The molecular weight excluding hydrogens is 197 g/mol. The molecule has 0 radical (unpaired) electrons. The van der Waals surface area contributed by atoms with Crippen LogP contribution in [0, 0.1) is 5.95 Å². The molecule has 0 aliphatic carbocycles. The van der Waals surface area contributed by atoms with Crippen molar-refractivity contribution in [2.45, 2.75) is 26.1 Å². The van der Waals surface area contributed by atoms with E-state index in [-0.39, 0.29) is 12.2 Å². The topological polar surface area (TPSA) is 38.2 Å². The summed E-state index contributed by atoms with van der Waals surface area (Å²) in [5, 5.41) is 0. The monoisotopic (exact) mass is 211 g/mol. The minimum Gasteiger partial charge on any atom is -0.372 e. The van der Waals surface area contributed by atoms with E-state index in [1.165, 1.54) is 12.4 Å². The molecule has 2 rings (SSSR count). The molecule has 82 valence electrons. The lowest BCUT2D eigenvalue weighted by Crippen LogP contribution is -2.45. The fourth-order valence-electron chi connectivity index (χ4n) is 1.86. The van der Waals surface area contributed by atoms with E-state index >= 15 is 0 Å². The maximum Gasteiger partial charge on any atom is 0.218 e. The zero-order valence-corrected chi connectivity index (χ0v) is 8.85. The van der Waals surface area contributed by atoms with Crippen molar-refractivity contribution in [1.29, 1.82) is 0 Å². The summed E-state index contributed by atoms with van der Waals surface area (Å²) in [5.41, 5.74) is 0. The maximum absolute atomic E-state index is 12.9. The summed E-state index contributed by atoms with van der Waals surface area (Å²) in [7, 11) is 0. The third kappa shape index (κ3) is 2.41. The lowest BCUT2D eigenvalue weighted by atomic mass is 10.2. The van der Waals surface area contributed by atoms with Gasteiger partial charge in [-0.15, -0.1) is 0 Å². The van der Waals surface area contributed by atoms with Crippen LogP contribution in [0.15, 0.2) is 12.4 Å². The molecule has 5 heteroatoms. The van der Waals surface area contributed by atoms with E-state index in [9.17, 15) is 4.39 Å². The summed E-state index contributed by atoms with van der Waals surface area (Å²) < 4.78 is 18.5. The van der Waals surface area contributed by atoms with Gasteiger partial charge in [0.25, 0.3) is 0 Å². The molecule has 0 saturated carbocycles. The molecule has 2 atom stereocenters. The number of nitrogens with zero attached hydrogens (tertiary/aromatic N) is 3. The summed E-state index contributed by atoms with van der Waals surface area (Å²) >= 11 is 0. The lowest BCUT2D eigenvalue weighted by molar-refractivity contribution is -0.00549. The van der Waals surface area contributed by atoms with Gasteiger partial charge in [0.1, 0.15) is 12.1 Å². The Labute approximate surface area is 88.1 Å². The number of anilines is 1. The van der Waals surface area contributed by atoms with Gasteiger partial charge in [-0.1, -0.05) is 0 Å². The first-order valence-electron chi connectivity index (χ1n) is 5.03. The van der Waals surface area contributed by atoms with Crippen molar-refractivity contribution >= 4 is 5.82 Å². The first-order valence-corrected chi connectivity index (χ1v) is 5.03. The van der Waals surface area contributed by atoms with Crippen molar-refractivity contribution in [3.63, 3.8) is 0 Å². The van der Waals surface area contributed by atoms with Crippen molar-refractivity contribution in [1.82, 2.24) is 9.97 Å². The normalized spacial score (nSPS) is 26.7. The molecule has 15 heavy (non-hydrogen) atoms. The van der Waals surface area contributed by atoms with Crippen molar-refractivity contribution in [2.24, 2.45) is 0 Å². The van der Waals surface area contributed by atoms with Crippen LogP contribution >= 0.6 is 0 Å². The number of aromatic nitrogens is 2. The van der Waals surface area contributed by atoms with Crippen LogP contribution in [0.5, 0.6) is 0 Å². The number of morpholine rings is 1. The van der Waals surface area contributed by atoms with Gasteiger partial charge in [0.2, 0.25) is 5.95 Å². The molecule has 0 amide bonds. The lowest BCUT2D eigenvalue weighted by Gasteiger charge is -2.35. The van der Waals surface area contributed by atoms with Crippen molar-refractivity contribution in [3.05, 3.63) is 18.3 Å². The average molecular weight is 211 g/mol. The van der Waals surface area contributed by atoms with Crippen molar-refractivity contribution in [3.8, 4) is 0 Å². The summed E-state index contributed by atoms with van der Waals surface area (Å²) in [5.74, 6) is 0.135. The Balaban J connectivity index is 2.16. The molecule has 0 aromatic carbocycles. The largest absolute Gasteiger partial charge is 0.372 e. The second kappa shape index (κ2) is 4.10. The molecule has 1 saturated heterocycles. The van der Waals surface area contributed by atoms with E-state index in [1.54, 1.807) is 0 Å². The van der Waals surface area contributed by atoms with Crippen LogP contribution in [0.1, 0.15) is 13.8 Å². The fraction of sp³-hybridized carbons (Fsp3) is 0.600. The van der Waals surface area contributed by atoms with Crippen LogP contribution in [0.3, 0.4) is 0 Å². The number of halogens is 1. The molecule has 2 heterocycles. The smallest absolute Gasteiger partial charge is 0.218 e. The SMILES string of the molecule is CC1CN(c2cc(F)ncn2)CC(C)O1. The van der Waals surface area contributed by atoms with Gasteiger partial charge in [-0.2, -0.15) is 4.39 Å². The number of hydrogen-bond acceptors (Lipinski definition) is 4. The predicted octanol–water partition coefficient (Wildman–Crippen LogP) is 1.23. The first kappa shape index (κ1) is 10.3. The highest BCUT2D eigenvalue weighted by Crippen LogP contribution is 2.17. The molecule has 1 aliphatic rings. The Morgan fingerprint density at radius 2 is 2.00 bits per heavy atom. The number of ether oxygens (including phenoxy) is 1. The van der Waals surface area contributed by atoms with Gasteiger partial charge in [-0.3, -0.25) is 0 Å². The van der Waals surface area contributed by atoms with E-state index in [4.69, 9.17) is 4.74 Å². The summed E-state index contributed by atoms with van der Waals surface area (Å²) in [6.07, 6.45) is 1.54. The van der Waals surface area contributed by atoms with E-state index in [0.29, 0.717) is 5.82 Å². The molecule has 1 fully saturated rings. The van der Waals surface area contributed by atoms with Crippen LogP contribution in [-0.2, 0) is 4.74 Å². The zero-order chi connectivity index (χ0) is 10.8. The van der Waals surface area contributed by atoms with E-state index < -0.39 is 5.95 Å². The first-order chi connectivity index (χ1) is 7.15. The highest BCUT2D eigenvalue weighted by atomic mass is 19.1. The molecule has 0 N–H and O–H groups in total. The van der Waals surface area contributed by atoms with Crippen LogP contribution in [0.4, 0.5) is 10.2 Å². The number of rotatable bonds is 1. The third-order valence-electron chi connectivity index (χ3n) is 2.36. The molecule has 1 aromatic heterocycles. The van der Waals surface area contributed by atoms with Crippen LogP contribution < -0.4 is 4.90 Å². The van der Waals surface area contributed by atoms with Crippen LogP contribution in [-0.4, -0.2) is 35.3 Å². The third-order valence-corrected chi connectivity index (χ3v) is 2.36. The minimum atomic E-state index is -0.494. The Morgan fingerprint density at radius 1 is 1.33 bits per heavy atom. The molecular formula is C10H14FN3O. The molecule has 2 unspecified atom stereocenters. The molecule has 1 aromatic rings. The van der Waals surface area contributed by atoms with Gasteiger partial charge < -0.3 is 9.64 Å². The van der Waals surface area contributed by atoms with Gasteiger partial charge in [0.15, 0.2) is 0 Å². The zero-order valence-electron chi connectivity index (χ0n) is 8.85. The van der Waals surface area contributed by atoms with Crippen molar-refractivity contribution in [2.75, 3.05) is 18.0 Å². The fourth-order valence-corrected chi connectivity index (χ4v) is 1.86. The molecule has 1 aliphatic heterocycles. The second-order valence-corrected chi connectivity index (χ2v) is 3.86. The highest BCUT2D eigenvalue weighted by molar-refractivity contribution is 5.37. The number of hydrogen-bond donors (Lipinski definition) is 0. The molecule has 0 bridgehead atoms. The van der Waals surface area contributed by atoms with E-state index in [0.717, 1.165) is 13.1 Å². The average Bonchev–Trinajstić information content (AvgIpc) is 2.16. The Hall–Kier alpha value is -1.23. The summed E-state index contributed by atoms with van der Waals surface area (Å²) in [4.78, 5) is 9.51. The predicted molar refractivity (Wildman–Crippen MR) is 54.2 cm³/mol. The van der Waals surface area contributed by atoms with Gasteiger partial charge in [-0.25, -0.2) is 9.97 Å². The van der Waals surface area contributed by atoms with Gasteiger partial charge in [0.05, 0.1) is 12.2 Å². The molecule has 4 nitrogen and oxygen atoms in total. The molecule has 0 spiro atoms. The Morgan fingerprint density at radius 3 is 2.60 bits per heavy atom. The van der Waals surface area contributed by atoms with Crippen molar-refractivity contribution < 1.29 is 9.13 Å². The standard InChI is InChI=1S/C10H14FN3O/c1-7-4-14(5-8(2)15-7)10-3-9(11)12-6-13-10/h3,6-8H,4-5H2,1-2H3. The Bertz CT molecular complexity index is 337. The van der Waals surface area contributed by atoms with Gasteiger partial charge in [-0.05, 0) is 13.8 Å². The quantitative estimate of drug-likeness (QED) is 0.655. The summed E-state index contributed by atoms with van der Waals surface area (Å²) in [6, 6.07) is 1.35.